The third-order valence-corrected chi connectivity index (χ3v) is 12.1. The van der Waals surface area contributed by atoms with Crippen molar-refractivity contribution in [1.29, 1.82) is 0 Å². The first-order valence-electron chi connectivity index (χ1n) is 19.9. The first-order chi connectivity index (χ1) is 25.8. The number of nitrogens with zero attached hydrogens (tertiary/aromatic N) is 3. The minimum absolute atomic E-state index is 0.211. The molecule has 0 bridgehead atoms. The Morgan fingerprint density at radius 2 is 1.19 bits per heavy atom. The number of ketones is 1. The molecule has 0 saturated carbocycles. The second-order valence-electron chi connectivity index (χ2n) is 16.1. The van der Waals surface area contributed by atoms with Crippen LogP contribution in [0.3, 0.4) is 0 Å². The van der Waals surface area contributed by atoms with Crippen LogP contribution < -0.4 is 5.32 Å². The summed E-state index contributed by atoms with van der Waals surface area (Å²) >= 11 is 0. The molecule has 5 unspecified atom stereocenters. The van der Waals surface area contributed by atoms with Gasteiger partial charge in [0, 0.05) is 81.7 Å². The number of anilines is 1. The van der Waals surface area contributed by atoms with E-state index in [0.29, 0.717) is 29.5 Å². The monoisotopic (exact) mass is 712 g/mol. The zero-order chi connectivity index (χ0) is 37.0. The lowest BCUT2D eigenvalue weighted by Gasteiger charge is -2.44. The van der Waals surface area contributed by atoms with Gasteiger partial charge < -0.3 is 10.1 Å². The lowest BCUT2D eigenvalue weighted by atomic mass is 9.68. The molecule has 3 saturated heterocycles. The Morgan fingerprint density at radius 3 is 1.72 bits per heavy atom. The van der Waals surface area contributed by atoms with Crippen molar-refractivity contribution in [2.75, 3.05) is 51.1 Å². The normalized spacial score (nSPS) is 26.0. The van der Waals surface area contributed by atoms with E-state index in [-0.39, 0.29) is 11.8 Å². The van der Waals surface area contributed by atoms with E-state index in [2.05, 4.69) is 137 Å². The predicted octanol–water partition coefficient (Wildman–Crippen LogP) is 8.33. The molecule has 0 amide bonds. The van der Waals surface area contributed by atoms with Gasteiger partial charge in [0.25, 0.3) is 0 Å². The summed E-state index contributed by atoms with van der Waals surface area (Å²) in [7, 11) is 0. The van der Waals surface area contributed by atoms with Gasteiger partial charge in [0.05, 0.1) is 0 Å². The molecule has 4 aliphatic rings. The van der Waals surface area contributed by atoms with E-state index < -0.39 is 0 Å². The Labute approximate surface area is 318 Å². The van der Waals surface area contributed by atoms with Gasteiger partial charge in [0.1, 0.15) is 12.1 Å². The molecule has 53 heavy (non-hydrogen) atoms. The predicted molar refractivity (Wildman–Crippen MR) is 218 cm³/mol. The van der Waals surface area contributed by atoms with E-state index in [1.165, 1.54) is 41.9 Å². The number of likely N-dealkylation sites (tertiary alicyclic amines) is 3. The molecule has 6 heteroatoms. The highest BCUT2D eigenvalue weighted by Gasteiger charge is 2.46. The second kappa shape index (κ2) is 18.8. The number of nitrogens with one attached hydrogen (secondary N) is 1. The largest absolute Gasteiger partial charge is 0.384 e. The number of piperidine rings is 3. The topological polar surface area (TPSA) is 55.9 Å². The standard InChI is InChI=1S/C20H24N2.C14H19NO.C13H17NO/c1-16-13-22(14-17-7-3-2-4-8-17)12-11-20(16)15-21-19-10-6-5-9-18(19)20;1-12-9-15(8-7-14(12)11-16)10-13-5-3-2-4-6-13;1-11-9-14(8-7-13(11)15)10-12-5-3-2-4-6-12/h2-10,16,21H,11-15H2,1H3;2-6,11-12,14H,7-10H2,1H3;2-6,11H,7-10H2,1H3. The number of carbonyl (C=O) groups excluding carboxylic acids is 2. The van der Waals surface area contributed by atoms with E-state index in [1.54, 1.807) is 5.56 Å². The van der Waals surface area contributed by atoms with Crippen LogP contribution in [0.5, 0.6) is 0 Å². The average molecular weight is 713 g/mol. The number of hydrogen-bond acceptors (Lipinski definition) is 6. The lowest BCUT2D eigenvalue weighted by molar-refractivity contribution is -0.125. The maximum Gasteiger partial charge on any atom is 0.138 e. The van der Waals surface area contributed by atoms with Crippen LogP contribution in [0.25, 0.3) is 0 Å². The summed E-state index contributed by atoms with van der Waals surface area (Å²) in [6, 6.07) is 40.7. The molecule has 280 valence electrons. The zero-order valence-corrected chi connectivity index (χ0v) is 32.2. The van der Waals surface area contributed by atoms with Crippen LogP contribution in [-0.4, -0.2) is 72.6 Å². The average Bonchev–Trinajstić information content (AvgIpc) is 3.56. The fourth-order valence-electron chi connectivity index (χ4n) is 8.84. The van der Waals surface area contributed by atoms with Gasteiger partial charge in [-0.1, -0.05) is 130 Å². The van der Waals surface area contributed by atoms with Crippen LogP contribution in [0.4, 0.5) is 5.69 Å². The molecule has 1 spiro atoms. The number of fused-ring (bicyclic) bond motifs is 2. The minimum Gasteiger partial charge on any atom is -0.384 e. The molecule has 4 heterocycles. The first kappa shape index (κ1) is 38.6. The van der Waals surface area contributed by atoms with Crippen LogP contribution in [-0.2, 0) is 34.6 Å². The van der Waals surface area contributed by atoms with E-state index in [1.807, 2.05) is 19.1 Å². The van der Waals surface area contributed by atoms with Gasteiger partial charge in [-0.3, -0.25) is 19.5 Å². The van der Waals surface area contributed by atoms with Gasteiger partial charge in [-0.2, -0.15) is 0 Å². The highest BCUT2D eigenvalue weighted by atomic mass is 16.1. The molecule has 4 aliphatic heterocycles. The number of benzene rings is 4. The molecule has 8 rings (SSSR count). The summed E-state index contributed by atoms with van der Waals surface area (Å²) in [6.45, 7) is 17.1. The molecule has 3 fully saturated rings. The Kier molecular flexibility index (Phi) is 13.7. The Morgan fingerprint density at radius 1 is 0.660 bits per heavy atom. The Bertz CT molecular complexity index is 1720. The third-order valence-electron chi connectivity index (χ3n) is 12.1. The summed E-state index contributed by atoms with van der Waals surface area (Å²) < 4.78 is 0. The number of hydrogen-bond donors (Lipinski definition) is 1. The molecule has 0 aliphatic carbocycles. The van der Waals surface area contributed by atoms with Gasteiger partial charge in [0.2, 0.25) is 0 Å². The molecule has 0 aromatic heterocycles. The molecule has 4 aromatic carbocycles. The second-order valence-corrected chi connectivity index (χ2v) is 16.1. The summed E-state index contributed by atoms with van der Waals surface area (Å²) in [5, 5.41) is 3.64. The third kappa shape index (κ3) is 10.3. The van der Waals surface area contributed by atoms with Crippen LogP contribution >= 0.6 is 0 Å². The SMILES string of the molecule is CC1CN(Cc2ccccc2)CCC12CNc1ccccc12.CC1CN(Cc2ccccc2)CCC1=O.CC1CN(Cc2ccccc2)CCC1C=O. The van der Waals surface area contributed by atoms with Crippen molar-refractivity contribution in [3.8, 4) is 0 Å². The van der Waals surface area contributed by atoms with Gasteiger partial charge in [-0.25, -0.2) is 0 Å². The Balaban J connectivity index is 0.000000140. The maximum atomic E-state index is 11.4. The van der Waals surface area contributed by atoms with Gasteiger partial charge in [-0.05, 0) is 66.1 Å². The van der Waals surface area contributed by atoms with Crippen molar-refractivity contribution < 1.29 is 9.59 Å². The lowest BCUT2D eigenvalue weighted by Crippen LogP contribution is -2.49. The molecular weight excluding hydrogens is 653 g/mol. The van der Waals surface area contributed by atoms with Crippen molar-refractivity contribution >= 4 is 17.8 Å². The van der Waals surface area contributed by atoms with Crippen LogP contribution in [0.15, 0.2) is 115 Å². The van der Waals surface area contributed by atoms with Crippen molar-refractivity contribution in [3.05, 3.63) is 138 Å². The molecule has 6 nitrogen and oxygen atoms in total. The van der Waals surface area contributed by atoms with E-state index in [4.69, 9.17) is 0 Å². The van der Waals surface area contributed by atoms with Gasteiger partial charge in [0.15, 0.2) is 0 Å². The number of para-hydroxylation sites is 1. The van der Waals surface area contributed by atoms with E-state index in [0.717, 1.165) is 65.1 Å². The highest BCUT2D eigenvalue weighted by molar-refractivity contribution is 5.81. The van der Waals surface area contributed by atoms with Crippen molar-refractivity contribution in [2.45, 2.75) is 65.1 Å². The maximum absolute atomic E-state index is 11.4. The molecule has 0 radical (unpaired) electrons. The number of rotatable bonds is 7. The molecule has 5 atom stereocenters. The van der Waals surface area contributed by atoms with Crippen molar-refractivity contribution in [1.82, 2.24) is 14.7 Å². The number of carbonyl (C=O) groups is 2. The van der Waals surface area contributed by atoms with E-state index in [9.17, 15) is 9.59 Å². The summed E-state index contributed by atoms with van der Waals surface area (Å²) in [5.74, 6) is 2.07. The summed E-state index contributed by atoms with van der Waals surface area (Å²) in [5.41, 5.74) is 7.35. The summed E-state index contributed by atoms with van der Waals surface area (Å²) in [4.78, 5) is 29.6. The van der Waals surface area contributed by atoms with Crippen molar-refractivity contribution in [2.24, 2.45) is 23.7 Å². The van der Waals surface area contributed by atoms with Crippen molar-refractivity contribution in [3.63, 3.8) is 0 Å². The van der Waals surface area contributed by atoms with Crippen LogP contribution in [0.2, 0.25) is 0 Å². The first-order valence-corrected chi connectivity index (χ1v) is 19.9. The zero-order valence-electron chi connectivity index (χ0n) is 32.2. The number of aldehydes is 1. The summed E-state index contributed by atoms with van der Waals surface area (Å²) in [6.07, 6.45) is 4.11. The van der Waals surface area contributed by atoms with Crippen LogP contribution in [0, 0.1) is 23.7 Å². The van der Waals surface area contributed by atoms with E-state index >= 15 is 0 Å². The van der Waals surface area contributed by atoms with Gasteiger partial charge >= 0.3 is 0 Å². The fraction of sp³-hybridized carbons (Fsp3) is 0.447. The highest BCUT2D eigenvalue weighted by Crippen LogP contribution is 2.47. The number of Topliss-reactive ketones (excluding diaryl/α,β-unsaturated/α-hetero) is 1. The molecular formula is C47H60N4O2. The van der Waals surface area contributed by atoms with Crippen LogP contribution in [0.1, 0.15) is 62.3 Å². The molecule has 4 aromatic rings. The Hall–Kier alpha value is -4.10. The van der Waals surface area contributed by atoms with Gasteiger partial charge in [-0.15, -0.1) is 0 Å². The minimum atomic E-state index is 0.211. The fourth-order valence-corrected chi connectivity index (χ4v) is 8.84. The smallest absolute Gasteiger partial charge is 0.138 e. The molecule has 1 N–H and O–H groups in total. The quantitative estimate of drug-likeness (QED) is 0.195.